The molecule has 0 aliphatic rings. The number of nitrogens with zero attached hydrogens (tertiary/aromatic N) is 1. The van der Waals surface area contributed by atoms with Crippen molar-refractivity contribution in [3.8, 4) is 0 Å². The molecule has 6 heteroatoms. The number of nitrogens with one attached hydrogen (secondary N) is 1. The van der Waals surface area contributed by atoms with Gasteiger partial charge in [-0.05, 0) is 0 Å². The first-order chi connectivity index (χ1) is 6.77. The minimum Gasteiger partial charge on any atom is -0.396 e. The Morgan fingerprint density at radius 1 is 1.57 bits per heavy atom. The van der Waals surface area contributed by atoms with Gasteiger partial charge in [0, 0.05) is 31.1 Å². The standard InChI is InChI=1S/C8H12N2O3S/c11-2-6(3-12)1-9-8(13)7-4-14-5-10-7/h4-6,11-12H,1-3H2,(H,9,13). The fraction of sp³-hybridized carbons (Fsp3) is 0.500. The van der Waals surface area contributed by atoms with Gasteiger partial charge in [0.1, 0.15) is 5.69 Å². The SMILES string of the molecule is O=C(NCC(CO)CO)c1cscn1. The van der Waals surface area contributed by atoms with Crippen LogP contribution in [0.25, 0.3) is 0 Å². The highest BCUT2D eigenvalue weighted by Crippen LogP contribution is 2.00. The molecule has 0 unspecified atom stereocenters. The number of aromatic nitrogens is 1. The van der Waals surface area contributed by atoms with E-state index in [0.717, 1.165) is 0 Å². The minimum absolute atomic E-state index is 0.145. The van der Waals surface area contributed by atoms with Gasteiger partial charge in [-0.2, -0.15) is 0 Å². The number of hydrogen-bond donors (Lipinski definition) is 3. The normalized spacial score (nSPS) is 10.5. The minimum atomic E-state index is -0.308. The van der Waals surface area contributed by atoms with Gasteiger partial charge in [-0.1, -0.05) is 0 Å². The molecule has 1 heterocycles. The van der Waals surface area contributed by atoms with Crippen LogP contribution in [0.2, 0.25) is 0 Å². The summed E-state index contributed by atoms with van der Waals surface area (Å²) in [5.74, 6) is -0.587. The van der Waals surface area contributed by atoms with Gasteiger partial charge < -0.3 is 15.5 Å². The number of carbonyl (C=O) groups is 1. The van der Waals surface area contributed by atoms with Gasteiger partial charge in [0.2, 0.25) is 0 Å². The lowest BCUT2D eigenvalue weighted by molar-refractivity contribution is 0.0917. The average molecular weight is 216 g/mol. The molecule has 0 fully saturated rings. The number of aliphatic hydroxyl groups excluding tert-OH is 2. The molecule has 0 aliphatic carbocycles. The molecule has 0 spiro atoms. The Kier molecular flexibility index (Phi) is 4.51. The summed E-state index contributed by atoms with van der Waals surface area (Å²) < 4.78 is 0. The van der Waals surface area contributed by atoms with Gasteiger partial charge in [0.05, 0.1) is 5.51 Å². The predicted molar refractivity (Wildman–Crippen MR) is 52.1 cm³/mol. The molecule has 0 saturated heterocycles. The summed E-state index contributed by atoms with van der Waals surface area (Å²) in [5.41, 5.74) is 1.94. The third-order valence-corrected chi connectivity index (χ3v) is 2.32. The molecular formula is C8H12N2O3S. The van der Waals surface area contributed by atoms with Gasteiger partial charge in [-0.15, -0.1) is 11.3 Å². The van der Waals surface area contributed by atoms with Gasteiger partial charge in [-0.3, -0.25) is 4.79 Å². The highest BCUT2D eigenvalue weighted by Gasteiger charge is 2.10. The Bertz CT molecular complexity index is 272. The second kappa shape index (κ2) is 5.69. The maximum Gasteiger partial charge on any atom is 0.270 e. The molecule has 0 aliphatic heterocycles. The Balaban J connectivity index is 2.35. The fourth-order valence-electron chi connectivity index (χ4n) is 0.839. The lowest BCUT2D eigenvalue weighted by Crippen LogP contribution is -2.32. The fourth-order valence-corrected chi connectivity index (χ4v) is 1.37. The number of amides is 1. The summed E-state index contributed by atoms with van der Waals surface area (Å²) in [4.78, 5) is 15.1. The molecular weight excluding hydrogens is 204 g/mol. The topological polar surface area (TPSA) is 82.5 Å². The van der Waals surface area contributed by atoms with Crippen molar-refractivity contribution in [1.82, 2.24) is 10.3 Å². The molecule has 3 N–H and O–H groups in total. The van der Waals surface area contributed by atoms with Crippen LogP contribution >= 0.6 is 11.3 Å². The van der Waals surface area contributed by atoms with Crippen LogP contribution in [0.15, 0.2) is 10.9 Å². The van der Waals surface area contributed by atoms with E-state index in [1.807, 2.05) is 0 Å². The first-order valence-corrected chi connectivity index (χ1v) is 5.10. The van der Waals surface area contributed by atoms with Crippen LogP contribution < -0.4 is 5.32 Å². The molecule has 14 heavy (non-hydrogen) atoms. The highest BCUT2D eigenvalue weighted by atomic mass is 32.1. The molecule has 5 nitrogen and oxygen atoms in total. The molecule has 1 aromatic rings. The molecule has 78 valence electrons. The second-order valence-corrected chi connectivity index (χ2v) is 3.53. The van der Waals surface area contributed by atoms with E-state index in [2.05, 4.69) is 10.3 Å². The van der Waals surface area contributed by atoms with Crippen LogP contribution in [0.5, 0.6) is 0 Å². The molecule has 0 saturated carbocycles. The van der Waals surface area contributed by atoms with E-state index in [-0.39, 0.29) is 31.6 Å². The maximum atomic E-state index is 11.3. The Morgan fingerprint density at radius 3 is 2.79 bits per heavy atom. The molecule has 0 radical (unpaired) electrons. The van der Waals surface area contributed by atoms with Crippen molar-refractivity contribution in [2.75, 3.05) is 19.8 Å². The van der Waals surface area contributed by atoms with Crippen LogP contribution in [-0.4, -0.2) is 40.9 Å². The van der Waals surface area contributed by atoms with E-state index in [4.69, 9.17) is 10.2 Å². The molecule has 0 bridgehead atoms. The highest BCUT2D eigenvalue weighted by molar-refractivity contribution is 7.07. The predicted octanol–water partition coefficient (Wildman–Crippen LogP) is -0.526. The van der Waals surface area contributed by atoms with E-state index >= 15 is 0 Å². The Labute approximate surface area is 85.4 Å². The summed E-state index contributed by atoms with van der Waals surface area (Å²) in [6.07, 6.45) is 0. The number of thiazole rings is 1. The summed E-state index contributed by atoms with van der Waals surface area (Å²) in [7, 11) is 0. The Hall–Kier alpha value is -0.980. The van der Waals surface area contributed by atoms with E-state index < -0.39 is 0 Å². The van der Waals surface area contributed by atoms with Gasteiger partial charge in [-0.25, -0.2) is 4.98 Å². The van der Waals surface area contributed by atoms with Crippen molar-refractivity contribution in [2.45, 2.75) is 0 Å². The molecule has 1 rings (SSSR count). The summed E-state index contributed by atoms with van der Waals surface area (Å²) in [5, 5.41) is 21.7. The number of carbonyl (C=O) groups excluding carboxylic acids is 1. The number of aliphatic hydroxyl groups is 2. The third-order valence-electron chi connectivity index (χ3n) is 1.73. The quantitative estimate of drug-likeness (QED) is 0.618. The largest absolute Gasteiger partial charge is 0.396 e. The van der Waals surface area contributed by atoms with Crippen molar-refractivity contribution in [3.63, 3.8) is 0 Å². The zero-order chi connectivity index (χ0) is 10.4. The first kappa shape index (κ1) is 11.1. The lowest BCUT2D eigenvalue weighted by atomic mass is 10.2. The monoisotopic (exact) mass is 216 g/mol. The van der Waals surface area contributed by atoms with E-state index in [1.54, 1.807) is 10.9 Å². The smallest absolute Gasteiger partial charge is 0.270 e. The first-order valence-electron chi connectivity index (χ1n) is 4.16. The zero-order valence-electron chi connectivity index (χ0n) is 7.51. The summed E-state index contributed by atoms with van der Waals surface area (Å²) in [6, 6.07) is 0. The second-order valence-electron chi connectivity index (χ2n) is 2.81. The van der Waals surface area contributed by atoms with Crippen molar-refractivity contribution in [3.05, 3.63) is 16.6 Å². The van der Waals surface area contributed by atoms with Crippen molar-refractivity contribution < 1.29 is 15.0 Å². The molecule has 0 atom stereocenters. The average Bonchev–Trinajstić information content (AvgIpc) is 2.72. The third kappa shape index (κ3) is 3.06. The molecule has 1 amide bonds. The lowest BCUT2D eigenvalue weighted by Gasteiger charge is -2.10. The summed E-state index contributed by atoms with van der Waals surface area (Å²) in [6.45, 7) is -0.0367. The number of rotatable bonds is 5. The van der Waals surface area contributed by atoms with Crippen LogP contribution in [-0.2, 0) is 0 Å². The van der Waals surface area contributed by atoms with Gasteiger partial charge >= 0.3 is 0 Å². The maximum absolute atomic E-state index is 11.3. The van der Waals surface area contributed by atoms with E-state index in [9.17, 15) is 4.79 Å². The molecule has 0 aromatic carbocycles. The van der Waals surface area contributed by atoms with Gasteiger partial charge in [0.15, 0.2) is 0 Å². The van der Waals surface area contributed by atoms with E-state index in [0.29, 0.717) is 5.69 Å². The summed E-state index contributed by atoms with van der Waals surface area (Å²) >= 11 is 1.34. The van der Waals surface area contributed by atoms with Crippen molar-refractivity contribution >= 4 is 17.2 Å². The van der Waals surface area contributed by atoms with Crippen molar-refractivity contribution in [2.24, 2.45) is 5.92 Å². The van der Waals surface area contributed by atoms with E-state index in [1.165, 1.54) is 11.3 Å². The zero-order valence-corrected chi connectivity index (χ0v) is 8.33. The van der Waals surface area contributed by atoms with Crippen molar-refractivity contribution in [1.29, 1.82) is 0 Å². The molecule has 1 aromatic heterocycles. The van der Waals surface area contributed by atoms with Gasteiger partial charge in [0.25, 0.3) is 5.91 Å². The van der Waals surface area contributed by atoms with Crippen LogP contribution in [0.3, 0.4) is 0 Å². The Morgan fingerprint density at radius 2 is 2.29 bits per heavy atom. The van der Waals surface area contributed by atoms with Crippen LogP contribution in [0.4, 0.5) is 0 Å². The van der Waals surface area contributed by atoms with Crippen LogP contribution in [0, 0.1) is 5.92 Å². The van der Waals surface area contributed by atoms with Crippen LogP contribution in [0.1, 0.15) is 10.5 Å². The number of hydrogen-bond acceptors (Lipinski definition) is 5.